The Labute approximate surface area is 164 Å². The second kappa shape index (κ2) is 8.16. The number of hydrogen-bond donors (Lipinski definition) is 0. The highest BCUT2D eigenvalue weighted by Gasteiger charge is 2.54. The van der Waals surface area contributed by atoms with Crippen molar-refractivity contribution < 1.29 is 0 Å². The molecule has 26 heavy (non-hydrogen) atoms. The van der Waals surface area contributed by atoms with E-state index in [1.165, 1.54) is 25.7 Å². The maximum absolute atomic E-state index is 2.41. The van der Waals surface area contributed by atoms with Crippen molar-refractivity contribution in [1.82, 2.24) is 0 Å². The minimum atomic E-state index is 0.804. The van der Waals surface area contributed by atoms with Gasteiger partial charge < -0.3 is 0 Å². The molecule has 0 heterocycles. The molecule has 5 saturated carbocycles. The topological polar surface area (TPSA) is 0 Å². The summed E-state index contributed by atoms with van der Waals surface area (Å²) in [7, 11) is 0. The smallest absolute Gasteiger partial charge is 0.0269 e. The summed E-state index contributed by atoms with van der Waals surface area (Å²) in [4.78, 5) is 0. The molecule has 0 aromatic rings. The van der Waals surface area contributed by atoms with Gasteiger partial charge in [-0.2, -0.15) is 0 Å². The Balaban J connectivity index is 1.30. The molecule has 2 bridgehead atoms. The highest BCUT2D eigenvalue weighted by atomic mass is 14.6. The van der Waals surface area contributed by atoms with Gasteiger partial charge in [0.1, 0.15) is 0 Å². The lowest BCUT2D eigenvalue weighted by molar-refractivity contribution is -0.0958. The van der Waals surface area contributed by atoms with Gasteiger partial charge in [-0.1, -0.05) is 65.2 Å². The summed E-state index contributed by atoms with van der Waals surface area (Å²) in [6, 6.07) is 0. The molecule has 0 aromatic carbocycles. The van der Waals surface area contributed by atoms with Gasteiger partial charge in [-0.15, -0.1) is 0 Å². The molecule has 0 radical (unpaired) electrons. The largest absolute Gasteiger partial charge is 0.0654 e. The van der Waals surface area contributed by atoms with Gasteiger partial charge in [-0.3, -0.25) is 0 Å². The van der Waals surface area contributed by atoms with Crippen molar-refractivity contribution in [2.24, 2.45) is 34.5 Å². The summed E-state index contributed by atoms with van der Waals surface area (Å²) in [6.45, 7) is 4.77. The Bertz CT molecular complexity index is 408. The first-order chi connectivity index (χ1) is 12.7. The zero-order valence-electron chi connectivity index (χ0n) is 18.0. The molecule has 5 fully saturated rings. The fourth-order valence-corrected chi connectivity index (χ4v) is 8.21. The van der Waals surface area contributed by atoms with Crippen LogP contribution in [0.1, 0.15) is 129 Å². The van der Waals surface area contributed by atoms with Crippen LogP contribution in [0.2, 0.25) is 0 Å². The first-order valence-electron chi connectivity index (χ1n) is 12.7. The zero-order valence-corrected chi connectivity index (χ0v) is 18.0. The van der Waals surface area contributed by atoms with E-state index in [4.69, 9.17) is 0 Å². The summed E-state index contributed by atoms with van der Waals surface area (Å²) in [5.74, 6) is 4.36. The van der Waals surface area contributed by atoms with Crippen LogP contribution >= 0.6 is 0 Å². The van der Waals surface area contributed by atoms with Crippen molar-refractivity contribution in [2.75, 3.05) is 0 Å². The molecule has 5 aliphatic rings. The van der Waals surface area contributed by atoms with Crippen LogP contribution in [0.4, 0.5) is 0 Å². The average molecular weight is 359 g/mol. The van der Waals surface area contributed by atoms with Crippen LogP contribution in [0.3, 0.4) is 0 Å². The van der Waals surface area contributed by atoms with Crippen molar-refractivity contribution in [3.63, 3.8) is 0 Å². The predicted octanol–water partition coefficient (Wildman–Crippen LogP) is 8.54. The van der Waals surface area contributed by atoms with E-state index in [2.05, 4.69) is 13.8 Å². The van der Waals surface area contributed by atoms with E-state index < -0.39 is 0 Å². The Kier molecular flexibility index (Phi) is 6.07. The first kappa shape index (κ1) is 19.3. The van der Waals surface area contributed by atoms with Crippen LogP contribution in [0.15, 0.2) is 0 Å². The monoisotopic (exact) mass is 358 g/mol. The minimum Gasteiger partial charge on any atom is -0.0654 e. The number of hydrogen-bond acceptors (Lipinski definition) is 0. The van der Waals surface area contributed by atoms with Gasteiger partial charge in [0.2, 0.25) is 0 Å². The van der Waals surface area contributed by atoms with Crippen LogP contribution < -0.4 is 0 Å². The predicted molar refractivity (Wildman–Crippen MR) is 113 cm³/mol. The van der Waals surface area contributed by atoms with E-state index in [1.54, 1.807) is 89.9 Å². The summed E-state index contributed by atoms with van der Waals surface area (Å²) in [6.07, 6.45) is 28.1. The summed E-state index contributed by atoms with van der Waals surface area (Å²) in [5.41, 5.74) is 1.61. The Hall–Kier alpha value is 0. The molecular formula is C26H46. The van der Waals surface area contributed by atoms with Gasteiger partial charge in [-0.25, -0.2) is 0 Å². The molecule has 0 N–H and O–H groups in total. The highest BCUT2D eigenvalue weighted by molar-refractivity contribution is 5.05. The van der Waals surface area contributed by atoms with Crippen LogP contribution in [-0.2, 0) is 0 Å². The SMILES string of the molecule is CCCC[C@H]1CC[C@H](C23CCC([C@H]4CC[C@H](CC)CC4)(CC2)CC3)CC1. The van der Waals surface area contributed by atoms with Crippen LogP contribution in [0.5, 0.6) is 0 Å². The molecule has 0 amide bonds. The van der Waals surface area contributed by atoms with Crippen molar-refractivity contribution in [2.45, 2.75) is 129 Å². The molecule has 0 nitrogen and oxygen atoms in total. The Morgan fingerprint density at radius 1 is 0.577 bits per heavy atom. The van der Waals surface area contributed by atoms with Crippen molar-refractivity contribution in [3.8, 4) is 0 Å². The van der Waals surface area contributed by atoms with Gasteiger partial charge in [0.05, 0.1) is 0 Å². The molecule has 0 spiro atoms. The lowest BCUT2D eigenvalue weighted by atomic mass is 9.45. The first-order valence-corrected chi connectivity index (χ1v) is 12.7. The third kappa shape index (κ3) is 3.65. The fourth-order valence-electron chi connectivity index (χ4n) is 8.21. The summed E-state index contributed by atoms with van der Waals surface area (Å²) >= 11 is 0. The zero-order chi connectivity index (χ0) is 18.0. The van der Waals surface area contributed by atoms with Crippen molar-refractivity contribution in [1.29, 1.82) is 0 Å². The molecule has 0 aliphatic heterocycles. The standard InChI is InChI=1S/C26H46/c1-3-5-6-22-9-13-24(14-10-22)26-18-15-25(16-19-26,17-20-26)23-11-7-21(4-2)8-12-23/h21-24H,3-20H2,1-2H3/t21-,22-,23-,24-,25?,26?. The fraction of sp³-hybridized carbons (Fsp3) is 1.00. The number of unbranched alkanes of at least 4 members (excludes halogenated alkanes) is 1. The van der Waals surface area contributed by atoms with E-state index in [-0.39, 0.29) is 0 Å². The van der Waals surface area contributed by atoms with E-state index in [0.717, 1.165) is 34.5 Å². The molecule has 0 unspecified atom stereocenters. The molecule has 0 aromatic heterocycles. The molecule has 5 aliphatic carbocycles. The van der Waals surface area contributed by atoms with Crippen molar-refractivity contribution in [3.05, 3.63) is 0 Å². The van der Waals surface area contributed by atoms with Crippen LogP contribution in [0.25, 0.3) is 0 Å². The van der Waals surface area contributed by atoms with E-state index in [1.807, 2.05) is 0 Å². The quantitative estimate of drug-likeness (QED) is 0.446. The maximum atomic E-state index is 2.41. The summed E-state index contributed by atoms with van der Waals surface area (Å²) < 4.78 is 0. The lowest BCUT2D eigenvalue weighted by Crippen LogP contribution is -2.49. The average Bonchev–Trinajstić information content (AvgIpc) is 2.74. The lowest BCUT2D eigenvalue weighted by Gasteiger charge is -2.60. The normalized spacial score (nSPS) is 46.4. The van der Waals surface area contributed by atoms with Gasteiger partial charge in [0, 0.05) is 0 Å². The van der Waals surface area contributed by atoms with Crippen LogP contribution in [-0.4, -0.2) is 0 Å². The summed E-state index contributed by atoms with van der Waals surface area (Å²) in [5, 5.41) is 0. The van der Waals surface area contributed by atoms with E-state index in [9.17, 15) is 0 Å². The van der Waals surface area contributed by atoms with Crippen molar-refractivity contribution >= 4 is 0 Å². The van der Waals surface area contributed by atoms with E-state index >= 15 is 0 Å². The Morgan fingerprint density at radius 3 is 1.38 bits per heavy atom. The molecule has 0 saturated heterocycles. The number of fused-ring (bicyclic) bond motifs is 3. The Morgan fingerprint density at radius 2 is 1.00 bits per heavy atom. The molecule has 150 valence electrons. The molecular weight excluding hydrogens is 312 g/mol. The van der Waals surface area contributed by atoms with E-state index in [0.29, 0.717) is 0 Å². The third-order valence-corrected chi connectivity index (χ3v) is 10.3. The molecule has 0 heteroatoms. The van der Waals surface area contributed by atoms with Gasteiger partial charge in [0.15, 0.2) is 0 Å². The highest BCUT2D eigenvalue weighted by Crippen LogP contribution is 2.66. The minimum absolute atomic E-state index is 0.804. The van der Waals surface area contributed by atoms with Gasteiger partial charge in [-0.05, 0) is 98.7 Å². The van der Waals surface area contributed by atoms with Gasteiger partial charge >= 0.3 is 0 Å². The maximum Gasteiger partial charge on any atom is -0.0269 e. The third-order valence-electron chi connectivity index (χ3n) is 10.3. The second-order valence-electron chi connectivity index (χ2n) is 11.2. The second-order valence-corrected chi connectivity index (χ2v) is 11.2. The molecule has 5 rings (SSSR count). The molecule has 0 atom stereocenters. The van der Waals surface area contributed by atoms with Gasteiger partial charge in [0.25, 0.3) is 0 Å². The van der Waals surface area contributed by atoms with Crippen LogP contribution in [0, 0.1) is 34.5 Å². The number of rotatable bonds is 6.